The second-order valence-corrected chi connectivity index (χ2v) is 6.82. The molecule has 9 heteroatoms. The summed E-state index contributed by atoms with van der Waals surface area (Å²) in [5.74, 6) is -1.09. The summed E-state index contributed by atoms with van der Waals surface area (Å²) in [6.07, 6.45) is 0. The molecule has 0 aliphatic rings. The summed E-state index contributed by atoms with van der Waals surface area (Å²) < 4.78 is 1.64. The van der Waals surface area contributed by atoms with Crippen molar-refractivity contribution in [3.63, 3.8) is 0 Å². The molecule has 0 aliphatic carbocycles. The molecule has 0 unspecified atom stereocenters. The van der Waals surface area contributed by atoms with Crippen molar-refractivity contribution in [2.24, 2.45) is 0 Å². The highest BCUT2D eigenvalue weighted by Crippen LogP contribution is 2.32. The molecule has 0 heterocycles. The average Bonchev–Trinajstić information content (AvgIpc) is 2.41. The molecule has 0 atom stereocenters. The summed E-state index contributed by atoms with van der Waals surface area (Å²) in [6.45, 7) is 0. The number of carboxylic acids is 1. The largest absolute Gasteiger partial charge is 0.478 e. The first-order valence-corrected chi connectivity index (χ1v) is 8.23. The van der Waals surface area contributed by atoms with Gasteiger partial charge in [-0.15, -0.1) is 0 Å². The highest BCUT2D eigenvalue weighted by Gasteiger charge is 2.20. The molecular formula is C12H3I3N4O2. The van der Waals surface area contributed by atoms with E-state index in [1.165, 1.54) is 0 Å². The lowest BCUT2D eigenvalue weighted by molar-refractivity contribution is 0.0694. The monoisotopic (exact) mass is 616 g/mol. The lowest BCUT2D eigenvalue weighted by Crippen LogP contribution is -2.10. The van der Waals surface area contributed by atoms with Crippen LogP contribution in [0.2, 0.25) is 0 Å². The van der Waals surface area contributed by atoms with Crippen molar-refractivity contribution >= 4 is 79.4 Å². The third kappa shape index (κ3) is 3.96. The van der Waals surface area contributed by atoms with E-state index in [0.29, 0.717) is 16.4 Å². The van der Waals surface area contributed by atoms with Gasteiger partial charge in [0.25, 0.3) is 0 Å². The van der Waals surface area contributed by atoms with Crippen molar-refractivity contribution in [1.82, 2.24) is 0 Å². The Morgan fingerprint density at radius 3 is 2.10 bits per heavy atom. The smallest absolute Gasteiger partial charge is 0.337 e. The standard InChI is InChI=1S/C12H3I3N4O2/c13-6-1-7(14)11(10(15)9(6)12(20)21)19-8(4-18)5(2-16)3-17/h1,19H,(H,20,21). The summed E-state index contributed by atoms with van der Waals surface area (Å²) in [5, 5.41) is 38.6. The molecule has 2 N–H and O–H groups in total. The second-order valence-electron chi connectivity index (χ2n) is 3.42. The molecule has 0 aromatic heterocycles. The van der Waals surface area contributed by atoms with E-state index in [4.69, 9.17) is 15.8 Å². The van der Waals surface area contributed by atoms with Crippen molar-refractivity contribution in [2.75, 3.05) is 5.32 Å². The van der Waals surface area contributed by atoms with Crippen molar-refractivity contribution < 1.29 is 9.90 Å². The van der Waals surface area contributed by atoms with E-state index in [1.54, 1.807) is 24.3 Å². The van der Waals surface area contributed by atoms with Gasteiger partial charge in [0.15, 0.2) is 5.57 Å². The van der Waals surface area contributed by atoms with E-state index in [0.717, 1.165) is 0 Å². The predicted octanol–water partition coefficient (Wildman–Crippen LogP) is 3.44. The van der Waals surface area contributed by atoms with Crippen molar-refractivity contribution in [3.8, 4) is 18.2 Å². The Balaban J connectivity index is 3.55. The summed E-state index contributed by atoms with van der Waals surface area (Å²) in [7, 11) is 0. The molecule has 1 aromatic carbocycles. The van der Waals surface area contributed by atoms with Gasteiger partial charge in [0, 0.05) is 7.14 Å². The molecule has 0 bridgehead atoms. The van der Waals surface area contributed by atoms with Crippen LogP contribution in [0, 0.1) is 44.7 Å². The molecule has 21 heavy (non-hydrogen) atoms. The fourth-order valence-corrected chi connectivity index (χ4v) is 5.41. The zero-order chi connectivity index (χ0) is 16.2. The summed E-state index contributed by atoms with van der Waals surface area (Å²) in [6, 6.07) is 6.62. The highest BCUT2D eigenvalue weighted by molar-refractivity contribution is 14.1. The van der Waals surface area contributed by atoms with E-state index in [1.807, 2.05) is 67.8 Å². The second kappa shape index (κ2) is 7.77. The van der Waals surface area contributed by atoms with Gasteiger partial charge in [0.2, 0.25) is 0 Å². The lowest BCUT2D eigenvalue weighted by Gasteiger charge is -2.13. The Morgan fingerprint density at radius 1 is 1.10 bits per heavy atom. The topological polar surface area (TPSA) is 121 Å². The third-order valence-corrected chi connectivity index (χ3v) is 5.00. The number of nitrogens with one attached hydrogen (secondary N) is 1. The zero-order valence-electron chi connectivity index (χ0n) is 9.91. The van der Waals surface area contributed by atoms with Crippen molar-refractivity contribution in [1.29, 1.82) is 15.8 Å². The van der Waals surface area contributed by atoms with Gasteiger partial charge in [-0.2, -0.15) is 15.8 Å². The Hall–Kier alpha value is -1.11. The normalized spacial score (nSPS) is 8.95. The summed E-state index contributed by atoms with van der Waals surface area (Å²) in [4.78, 5) is 11.3. The van der Waals surface area contributed by atoms with Crippen LogP contribution in [0.4, 0.5) is 5.69 Å². The molecule has 0 aliphatic heterocycles. The number of allylic oxidation sites excluding steroid dienone is 2. The quantitative estimate of drug-likeness (QED) is 0.397. The average molecular weight is 616 g/mol. The van der Waals surface area contributed by atoms with E-state index < -0.39 is 5.97 Å². The van der Waals surface area contributed by atoms with E-state index in [2.05, 4.69) is 5.32 Å². The zero-order valence-corrected chi connectivity index (χ0v) is 16.4. The molecule has 0 saturated heterocycles. The molecule has 0 saturated carbocycles. The fourth-order valence-electron chi connectivity index (χ4n) is 1.31. The van der Waals surface area contributed by atoms with Crippen molar-refractivity contribution in [2.45, 2.75) is 0 Å². The maximum atomic E-state index is 11.3. The van der Waals surface area contributed by atoms with E-state index in [-0.39, 0.29) is 16.8 Å². The van der Waals surface area contributed by atoms with Gasteiger partial charge >= 0.3 is 5.97 Å². The van der Waals surface area contributed by atoms with Crippen LogP contribution in [0.25, 0.3) is 0 Å². The Bertz CT molecular complexity index is 766. The number of benzene rings is 1. The number of aromatic carboxylic acids is 1. The van der Waals surface area contributed by atoms with Crippen LogP contribution in [0.1, 0.15) is 10.4 Å². The molecule has 0 amide bonds. The van der Waals surface area contributed by atoms with Gasteiger partial charge < -0.3 is 10.4 Å². The van der Waals surface area contributed by atoms with Gasteiger partial charge in [0.05, 0.1) is 14.8 Å². The number of hydrogen-bond acceptors (Lipinski definition) is 5. The van der Waals surface area contributed by atoms with E-state index in [9.17, 15) is 9.90 Å². The van der Waals surface area contributed by atoms with Crippen LogP contribution in [-0.2, 0) is 0 Å². The highest BCUT2D eigenvalue weighted by atomic mass is 127. The van der Waals surface area contributed by atoms with Crippen LogP contribution < -0.4 is 5.32 Å². The Labute approximate surface area is 160 Å². The molecule has 0 radical (unpaired) electrons. The van der Waals surface area contributed by atoms with E-state index >= 15 is 0 Å². The van der Waals surface area contributed by atoms with Gasteiger partial charge in [-0.1, -0.05) is 0 Å². The minimum atomic E-state index is -1.09. The number of anilines is 1. The first-order valence-electron chi connectivity index (χ1n) is 4.99. The van der Waals surface area contributed by atoms with Crippen LogP contribution in [0.3, 0.4) is 0 Å². The minimum absolute atomic E-state index is 0.104. The maximum Gasteiger partial charge on any atom is 0.337 e. The first-order chi connectivity index (χ1) is 9.87. The van der Waals surface area contributed by atoms with Crippen LogP contribution in [0.5, 0.6) is 0 Å². The number of hydrogen-bond donors (Lipinski definition) is 2. The number of nitriles is 3. The molecule has 1 rings (SSSR count). The Morgan fingerprint density at radius 2 is 1.67 bits per heavy atom. The summed E-state index contributed by atoms with van der Waals surface area (Å²) in [5.41, 5.74) is -0.0895. The maximum absolute atomic E-state index is 11.3. The molecule has 6 nitrogen and oxygen atoms in total. The first kappa shape index (κ1) is 17.9. The molecule has 104 valence electrons. The lowest BCUT2D eigenvalue weighted by atomic mass is 10.2. The Kier molecular flexibility index (Phi) is 6.64. The van der Waals surface area contributed by atoms with Crippen LogP contribution in [0.15, 0.2) is 17.3 Å². The summed E-state index contributed by atoms with van der Waals surface area (Å²) >= 11 is 5.75. The van der Waals surface area contributed by atoms with Gasteiger partial charge in [-0.3, -0.25) is 0 Å². The molecule has 1 aromatic rings. The number of carboxylic acid groups (broad SMARTS) is 1. The SMILES string of the molecule is N#CC(C#N)=C(C#N)Nc1c(I)cc(I)c(C(=O)O)c1I. The fraction of sp³-hybridized carbons (Fsp3) is 0. The number of rotatable bonds is 3. The molecule has 0 fully saturated rings. The number of nitrogens with zero attached hydrogens (tertiary/aromatic N) is 3. The number of halogens is 3. The number of carbonyl (C=O) groups is 1. The molecule has 0 spiro atoms. The van der Waals surface area contributed by atoms with Crippen LogP contribution in [-0.4, -0.2) is 11.1 Å². The predicted molar refractivity (Wildman–Crippen MR) is 99.0 cm³/mol. The van der Waals surface area contributed by atoms with Gasteiger partial charge in [-0.05, 0) is 73.8 Å². The minimum Gasteiger partial charge on any atom is -0.478 e. The third-order valence-electron chi connectivity index (χ3n) is 2.22. The van der Waals surface area contributed by atoms with Gasteiger partial charge in [-0.25, -0.2) is 4.79 Å². The van der Waals surface area contributed by atoms with Gasteiger partial charge in [0.1, 0.15) is 23.9 Å². The molecular weight excluding hydrogens is 613 g/mol. The van der Waals surface area contributed by atoms with Crippen LogP contribution >= 0.6 is 67.8 Å². The van der Waals surface area contributed by atoms with Crippen molar-refractivity contribution in [3.05, 3.63) is 33.6 Å².